The Kier molecular flexibility index (Phi) is 46.8. The highest BCUT2D eigenvalue weighted by Gasteiger charge is 2.19. The van der Waals surface area contributed by atoms with Crippen LogP contribution in [0.2, 0.25) is 0 Å². The molecule has 0 rings (SSSR count). The van der Waals surface area contributed by atoms with E-state index in [9.17, 15) is 14.4 Å². The van der Waals surface area contributed by atoms with Gasteiger partial charge in [0.15, 0.2) is 6.10 Å². The third-order valence-corrected chi connectivity index (χ3v) is 11.4. The fraction of sp³-hybridized carbons (Fsp3) is 0.868. The number of carbonyl (C=O) groups is 3. The normalized spacial score (nSPS) is 12.1. The minimum atomic E-state index is -0.772. The number of carbonyl (C=O) groups excluding carboxylic acids is 3. The zero-order valence-corrected chi connectivity index (χ0v) is 39.5. The molecule has 0 heterocycles. The Labute approximate surface area is 366 Å². The van der Waals surface area contributed by atoms with Gasteiger partial charge < -0.3 is 14.2 Å². The molecule has 0 amide bonds. The lowest BCUT2D eigenvalue weighted by Gasteiger charge is -2.18. The van der Waals surface area contributed by atoms with Gasteiger partial charge in [-0.2, -0.15) is 0 Å². The number of rotatable bonds is 47. The van der Waals surface area contributed by atoms with Crippen LogP contribution in [-0.4, -0.2) is 37.2 Å². The molecule has 6 nitrogen and oxygen atoms in total. The number of allylic oxidation sites excluding steroid dienone is 4. The van der Waals surface area contributed by atoms with Crippen LogP contribution in [0.3, 0.4) is 0 Å². The SMILES string of the molecule is CCCCCC/C=C\CCCCCCCC(=O)OCC(COC(=O)CCCCCCC/C=C\CCCCCCCC)OC(=O)CCCCCCCCCCCCCCC. The third kappa shape index (κ3) is 46.8. The summed E-state index contributed by atoms with van der Waals surface area (Å²) in [4.78, 5) is 37.9. The molecule has 1 atom stereocenters. The number of hydrogen-bond donors (Lipinski definition) is 0. The van der Waals surface area contributed by atoms with E-state index in [0.717, 1.165) is 70.6 Å². The number of unbranched alkanes of at least 4 members (excludes halogenated alkanes) is 32. The average Bonchev–Trinajstić information content (AvgIpc) is 3.23. The van der Waals surface area contributed by atoms with E-state index in [2.05, 4.69) is 45.1 Å². The van der Waals surface area contributed by atoms with Crippen molar-refractivity contribution in [1.29, 1.82) is 0 Å². The summed E-state index contributed by atoms with van der Waals surface area (Å²) in [5, 5.41) is 0. The zero-order chi connectivity index (χ0) is 43.0. The summed E-state index contributed by atoms with van der Waals surface area (Å²) in [6.07, 6.45) is 54.4. The Morgan fingerprint density at radius 2 is 0.559 bits per heavy atom. The summed E-state index contributed by atoms with van der Waals surface area (Å²) in [5.41, 5.74) is 0. The fourth-order valence-electron chi connectivity index (χ4n) is 7.49. The second kappa shape index (κ2) is 48.6. The third-order valence-electron chi connectivity index (χ3n) is 11.4. The van der Waals surface area contributed by atoms with Gasteiger partial charge in [-0.05, 0) is 70.6 Å². The molecule has 0 aliphatic carbocycles. The predicted molar refractivity (Wildman–Crippen MR) is 252 cm³/mol. The molecule has 0 aromatic heterocycles. The molecule has 0 saturated carbocycles. The quantitative estimate of drug-likeness (QED) is 0.0263. The van der Waals surface area contributed by atoms with Gasteiger partial charge >= 0.3 is 17.9 Å². The molecule has 0 spiro atoms. The molecule has 1 unspecified atom stereocenters. The van der Waals surface area contributed by atoms with Crippen molar-refractivity contribution in [3.05, 3.63) is 24.3 Å². The van der Waals surface area contributed by atoms with Crippen molar-refractivity contribution in [3.63, 3.8) is 0 Å². The number of esters is 3. The molecule has 0 fully saturated rings. The largest absolute Gasteiger partial charge is 0.462 e. The van der Waals surface area contributed by atoms with E-state index in [1.54, 1.807) is 0 Å². The van der Waals surface area contributed by atoms with E-state index >= 15 is 0 Å². The summed E-state index contributed by atoms with van der Waals surface area (Å²) >= 11 is 0. The van der Waals surface area contributed by atoms with Crippen LogP contribution in [0.5, 0.6) is 0 Å². The minimum Gasteiger partial charge on any atom is -0.462 e. The zero-order valence-electron chi connectivity index (χ0n) is 39.5. The lowest BCUT2D eigenvalue weighted by molar-refractivity contribution is -0.167. The van der Waals surface area contributed by atoms with Crippen LogP contribution in [-0.2, 0) is 28.6 Å². The van der Waals surface area contributed by atoms with Crippen molar-refractivity contribution in [2.24, 2.45) is 0 Å². The van der Waals surface area contributed by atoms with E-state index in [4.69, 9.17) is 14.2 Å². The summed E-state index contributed by atoms with van der Waals surface area (Å²) < 4.78 is 16.8. The molecule has 0 saturated heterocycles. The Morgan fingerprint density at radius 3 is 0.864 bits per heavy atom. The van der Waals surface area contributed by atoms with Gasteiger partial charge in [0.25, 0.3) is 0 Å². The first-order valence-electron chi connectivity index (χ1n) is 25.8. The van der Waals surface area contributed by atoms with Gasteiger partial charge in [0.2, 0.25) is 0 Å². The van der Waals surface area contributed by atoms with Crippen LogP contribution in [0.4, 0.5) is 0 Å². The maximum absolute atomic E-state index is 12.8. The molecular weight excluding hydrogens is 733 g/mol. The van der Waals surface area contributed by atoms with Gasteiger partial charge in [0, 0.05) is 19.3 Å². The van der Waals surface area contributed by atoms with Crippen molar-refractivity contribution < 1.29 is 28.6 Å². The van der Waals surface area contributed by atoms with Gasteiger partial charge in [0.1, 0.15) is 13.2 Å². The molecule has 0 radical (unpaired) electrons. The maximum Gasteiger partial charge on any atom is 0.306 e. The Bertz CT molecular complexity index is 958. The van der Waals surface area contributed by atoms with Gasteiger partial charge in [0.05, 0.1) is 0 Å². The second-order valence-corrected chi connectivity index (χ2v) is 17.4. The molecule has 0 aromatic carbocycles. The maximum atomic E-state index is 12.8. The second-order valence-electron chi connectivity index (χ2n) is 17.4. The van der Waals surface area contributed by atoms with E-state index in [0.29, 0.717) is 19.3 Å². The van der Waals surface area contributed by atoms with Gasteiger partial charge in [-0.3, -0.25) is 14.4 Å². The minimum absolute atomic E-state index is 0.0747. The highest BCUT2D eigenvalue weighted by Crippen LogP contribution is 2.15. The van der Waals surface area contributed by atoms with Gasteiger partial charge in [-0.15, -0.1) is 0 Å². The first kappa shape index (κ1) is 56.9. The molecule has 0 N–H and O–H groups in total. The first-order valence-corrected chi connectivity index (χ1v) is 25.8. The van der Waals surface area contributed by atoms with Gasteiger partial charge in [-0.1, -0.05) is 212 Å². The Balaban J connectivity index is 4.36. The molecule has 0 bridgehead atoms. The van der Waals surface area contributed by atoms with Crippen LogP contribution in [0, 0.1) is 0 Å². The van der Waals surface area contributed by atoms with E-state index in [1.807, 2.05) is 0 Å². The molecule has 0 aliphatic heterocycles. The molecule has 346 valence electrons. The van der Waals surface area contributed by atoms with Crippen molar-refractivity contribution >= 4 is 17.9 Å². The number of hydrogen-bond acceptors (Lipinski definition) is 6. The molecule has 6 heteroatoms. The summed E-state index contributed by atoms with van der Waals surface area (Å²) in [6, 6.07) is 0. The van der Waals surface area contributed by atoms with Crippen LogP contribution >= 0.6 is 0 Å². The first-order chi connectivity index (χ1) is 29.0. The van der Waals surface area contributed by atoms with Crippen molar-refractivity contribution in [3.8, 4) is 0 Å². The Hall–Kier alpha value is -2.11. The summed E-state index contributed by atoms with van der Waals surface area (Å²) in [5.74, 6) is -0.879. The fourth-order valence-corrected chi connectivity index (χ4v) is 7.49. The van der Waals surface area contributed by atoms with Crippen molar-refractivity contribution in [2.45, 2.75) is 284 Å². The van der Waals surface area contributed by atoms with E-state index in [-0.39, 0.29) is 31.1 Å². The summed E-state index contributed by atoms with van der Waals surface area (Å²) in [6.45, 7) is 6.62. The van der Waals surface area contributed by atoms with Crippen molar-refractivity contribution in [2.75, 3.05) is 13.2 Å². The topological polar surface area (TPSA) is 78.9 Å². The van der Waals surface area contributed by atoms with Crippen LogP contribution in [0.25, 0.3) is 0 Å². The van der Waals surface area contributed by atoms with E-state index in [1.165, 1.54) is 167 Å². The molecule has 59 heavy (non-hydrogen) atoms. The lowest BCUT2D eigenvalue weighted by atomic mass is 10.0. The van der Waals surface area contributed by atoms with E-state index < -0.39 is 6.10 Å². The lowest BCUT2D eigenvalue weighted by Crippen LogP contribution is -2.30. The standard InChI is InChI=1S/C53H98O6/c1-4-7-10-13-16-19-22-25-26-29-31-34-37-40-43-46-52(55)58-49-50(59-53(56)47-44-41-38-35-32-28-24-21-18-15-12-9-6-3)48-57-51(54)45-42-39-36-33-30-27-23-20-17-14-11-8-5-2/h20,23,25-26,50H,4-19,21-22,24,27-49H2,1-3H3/b23-20-,26-25-. The Morgan fingerprint density at radius 1 is 0.322 bits per heavy atom. The van der Waals surface area contributed by atoms with Crippen LogP contribution in [0.1, 0.15) is 278 Å². The molecule has 0 aromatic rings. The van der Waals surface area contributed by atoms with Crippen LogP contribution in [0.15, 0.2) is 24.3 Å². The predicted octanol–water partition coefficient (Wildman–Crippen LogP) is 16.8. The highest BCUT2D eigenvalue weighted by atomic mass is 16.6. The van der Waals surface area contributed by atoms with Gasteiger partial charge in [-0.25, -0.2) is 0 Å². The highest BCUT2D eigenvalue weighted by molar-refractivity contribution is 5.71. The number of ether oxygens (including phenoxy) is 3. The monoisotopic (exact) mass is 831 g/mol. The molecular formula is C53H98O6. The average molecular weight is 831 g/mol. The van der Waals surface area contributed by atoms with Crippen LogP contribution < -0.4 is 0 Å². The molecule has 0 aliphatic rings. The summed E-state index contributed by atoms with van der Waals surface area (Å²) in [7, 11) is 0. The smallest absolute Gasteiger partial charge is 0.306 e. The van der Waals surface area contributed by atoms with Crippen molar-refractivity contribution in [1.82, 2.24) is 0 Å².